The van der Waals surface area contributed by atoms with Crippen LogP contribution in [0.1, 0.15) is 5.56 Å². The third kappa shape index (κ3) is 3.85. The summed E-state index contributed by atoms with van der Waals surface area (Å²) in [4.78, 5) is 18.7. The summed E-state index contributed by atoms with van der Waals surface area (Å²) in [5.41, 5.74) is 1.64. The molecular weight excluding hydrogens is 404 g/mol. The Bertz CT molecular complexity index is 1070. The van der Waals surface area contributed by atoms with E-state index >= 15 is 0 Å². The van der Waals surface area contributed by atoms with Gasteiger partial charge in [-0.1, -0.05) is 12.1 Å². The van der Waals surface area contributed by atoms with Gasteiger partial charge < -0.3 is 19.4 Å². The van der Waals surface area contributed by atoms with Gasteiger partial charge in [0.15, 0.2) is 5.84 Å². The van der Waals surface area contributed by atoms with E-state index in [0.717, 1.165) is 24.5 Å². The maximum absolute atomic E-state index is 12.8. The molecule has 0 spiro atoms. The number of hydrogen-bond acceptors (Lipinski definition) is 6. The first-order valence-electron chi connectivity index (χ1n) is 9.71. The molecule has 30 heavy (non-hydrogen) atoms. The van der Waals surface area contributed by atoms with E-state index in [1.165, 1.54) is 6.07 Å². The zero-order chi connectivity index (χ0) is 21.3. The molecule has 2 aliphatic rings. The molecule has 0 aromatic heterocycles. The molecule has 2 aliphatic heterocycles. The second-order valence-electron chi connectivity index (χ2n) is 7.31. The van der Waals surface area contributed by atoms with Crippen LogP contribution in [-0.2, 0) is 14.8 Å². The van der Waals surface area contributed by atoms with E-state index in [9.17, 15) is 13.2 Å². The second-order valence-corrected chi connectivity index (χ2v) is 8.88. The summed E-state index contributed by atoms with van der Waals surface area (Å²) in [6.07, 6.45) is 0. The first-order chi connectivity index (χ1) is 14.4. The number of anilines is 1. The van der Waals surface area contributed by atoms with E-state index in [1.54, 1.807) is 37.3 Å². The number of sulfonamides is 1. The lowest BCUT2D eigenvalue weighted by atomic mass is 10.2. The van der Waals surface area contributed by atoms with Crippen molar-refractivity contribution in [1.82, 2.24) is 9.80 Å². The van der Waals surface area contributed by atoms with E-state index in [4.69, 9.17) is 4.74 Å². The van der Waals surface area contributed by atoms with Gasteiger partial charge in [-0.25, -0.2) is 0 Å². The number of amidine groups is 1. The molecule has 2 aromatic carbocycles. The number of ether oxygens (including phenoxy) is 1. The first-order valence-corrected chi connectivity index (χ1v) is 11.2. The van der Waals surface area contributed by atoms with Gasteiger partial charge in [-0.05, 0) is 36.4 Å². The quantitative estimate of drug-likeness (QED) is 0.733. The summed E-state index contributed by atoms with van der Waals surface area (Å²) in [6, 6.07) is 14.6. The van der Waals surface area contributed by atoms with Crippen LogP contribution < -0.4 is 9.64 Å². The minimum Gasteiger partial charge on any atom is -0.497 e. The number of fused-ring (bicyclic) bond motifs is 1. The fraction of sp³-hybridized carbons (Fsp3) is 0.333. The number of hydrogen-bond donors (Lipinski definition) is 0. The predicted molar refractivity (Wildman–Crippen MR) is 115 cm³/mol. The van der Waals surface area contributed by atoms with Crippen LogP contribution in [0.5, 0.6) is 5.75 Å². The van der Waals surface area contributed by atoms with Crippen molar-refractivity contribution in [1.29, 1.82) is 0 Å². The van der Waals surface area contributed by atoms with Crippen LogP contribution in [-0.4, -0.2) is 76.8 Å². The van der Waals surface area contributed by atoms with Crippen LogP contribution in [0.25, 0.3) is 0 Å². The van der Waals surface area contributed by atoms with Gasteiger partial charge >= 0.3 is 0 Å². The highest BCUT2D eigenvalue weighted by Gasteiger charge is 2.32. The van der Waals surface area contributed by atoms with Crippen molar-refractivity contribution in [3.63, 3.8) is 0 Å². The molecular formula is C21H24N4O4S. The Morgan fingerprint density at radius 3 is 2.40 bits per heavy atom. The van der Waals surface area contributed by atoms with Crippen molar-refractivity contribution in [3.8, 4) is 5.75 Å². The lowest BCUT2D eigenvalue weighted by Gasteiger charge is -2.37. The molecule has 0 bridgehead atoms. The minimum atomic E-state index is -3.70. The number of carbonyl (C=O) groups is 1. The summed E-state index contributed by atoms with van der Waals surface area (Å²) in [5, 5.41) is 0. The van der Waals surface area contributed by atoms with Crippen molar-refractivity contribution in [2.75, 3.05) is 51.8 Å². The van der Waals surface area contributed by atoms with Gasteiger partial charge in [0.2, 0.25) is 5.91 Å². The maximum Gasteiger partial charge on any atom is 0.285 e. The average molecular weight is 429 g/mol. The van der Waals surface area contributed by atoms with Crippen LogP contribution in [0.3, 0.4) is 0 Å². The smallest absolute Gasteiger partial charge is 0.285 e. The average Bonchev–Trinajstić information content (AvgIpc) is 3.05. The highest BCUT2D eigenvalue weighted by molar-refractivity contribution is 7.90. The Kier molecular flexibility index (Phi) is 5.38. The standard InChI is InChI=1S/C21H24N4O4S/c1-23(21-18-5-3-4-6-19(18)30(27,28)22-21)15-20(26)25-13-11-24(12-14-25)16-7-9-17(29-2)10-8-16/h3-10H,11-15H2,1-2H3. The molecule has 0 radical (unpaired) electrons. The molecule has 0 unspecified atom stereocenters. The molecule has 2 heterocycles. The number of likely N-dealkylation sites (N-methyl/N-ethyl adjacent to an activating group) is 1. The molecule has 1 fully saturated rings. The fourth-order valence-corrected chi connectivity index (χ4v) is 5.00. The summed E-state index contributed by atoms with van der Waals surface area (Å²) in [7, 11) is -0.361. The lowest BCUT2D eigenvalue weighted by molar-refractivity contribution is -0.131. The van der Waals surface area contributed by atoms with E-state index in [0.29, 0.717) is 24.5 Å². The highest BCUT2D eigenvalue weighted by atomic mass is 32.2. The molecule has 0 atom stereocenters. The van der Waals surface area contributed by atoms with Crippen molar-refractivity contribution < 1.29 is 17.9 Å². The number of rotatable bonds is 4. The van der Waals surface area contributed by atoms with Crippen molar-refractivity contribution in [2.45, 2.75) is 4.90 Å². The highest BCUT2D eigenvalue weighted by Crippen LogP contribution is 2.27. The van der Waals surface area contributed by atoms with E-state index in [1.807, 2.05) is 29.2 Å². The Morgan fingerprint density at radius 2 is 1.73 bits per heavy atom. The van der Waals surface area contributed by atoms with Crippen LogP contribution in [0, 0.1) is 0 Å². The van der Waals surface area contributed by atoms with Gasteiger partial charge in [0.1, 0.15) is 10.6 Å². The molecule has 4 rings (SSSR count). The van der Waals surface area contributed by atoms with E-state index < -0.39 is 10.0 Å². The number of piperazine rings is 1. The third-order valence-electron chi connectivity index (χ3n) is 5.42. The van der Waals surface area contributed by atoms with Gasteiger partial charge in [-0.2, -0.15) is 8.42 Å². The lowest BCUT2D eigenvalue weighted by Crippen LogP contribution is -2.51. The van der Waals surface area contributed by atoms with Gasteiger partial charge in [-0.15, -0.1) is 4.40 Å². The first kappa shape index (κ1) is 20.2. The number of benzene rings is 2. The number of nitrogens with zero attached hydrogens (tertiary/aromatic N) is 4. The molecule has 2 aromatic rings. The predicted octanol–water partition coefficient (Wildman–Crippen LogP) is 1.42. The van der Waals surface area contributed by atoms with E-state index in [2.05, 4.69) is 9.30 Å². The fourth-order valence-electron chi connectivity index (χ4n) is 3.75. The summed E-state index contributed by atoms with van der Waals surface area (Å²) in [6.45, 7) is 2.77. The van der Waals surface area contributed by atoms with Crippen molar-refractivity contribution in [3.05, 3.63) is 54.1 Å². The molecule has 1 saturated heterocycles. The summed E-state index contributed by atoms with van der Waals surface area (Å²) >= 11 is 0. The zero-order valence-electron chi connectivity index (χ0n) is 17.0. The Morgan fingerprint density at radius 1 is 1.07 bits per heavy atom. The van der Waals surface area contributed by atoms with Crippen molar-refractivity contribution >= 4 is 27.5 Å². The molecule has 8 nitrogen and oxygen atoms in total. The van der Waals surface area contributed by atoms with Crippen LogP contribution in [0.2, 0.25) is 0 Å². The molecule has 0 N–H and O–H groups in total. The Balaban J connectivity index is 1.37. The molecule has 0 aliphatic carbocycles. The van der Waals surface area contributed by atoms with Crippen LogP contribution in [0.4, 0.5) is 5.69 Å². The number of amides is 1. The molecule has 1 amide bonds. The van der Waals surface area contributed by atoms with Crippen LogP contribution >= 0.6 is 0 Å². The molecule has 9 heteroatoms. The third-order valence-corrected chi connectivity index (χ3v) is 6.74. The SMILES string of the molecule is COc1ccc(N2CCN(C(=O)CN(C)C3=NS(=O)(=O)c4ccccc43)CC2)cc1. The normalized spacial score (nSPS) is 17.3. The largest absolute Gasteiger partial charge is 0.497 e. The van der Waals surface area contributed by atoms with Crippen molar-refractivity contribution in [2.24, 2.45) is 4.40 Å². The summed E-state index contributed by atoms with van der Waals surface area (Å²) < 4.78 is 33.6. The molecule has 0 saturated carbocycles. The second kappa shape index (κ2) is 7.98. The maximum atomic E-state index is 12.8. The zero-order valence-corrected chi connectivity index (χ0v) is 17.8. The van der Waals surface area contributed by atoms with E-state index in [-0.39, 0.29) is 17.3 Å². The number of carbonyl (C=O) groups excluding carboxylic acids is 1. The topological polar surface area (TPSA) is 82.5 Å². The molecule has 158 valence electrons. The van der Waals surface area contributed by atoms with Crippen LogP contribution in [0.15, 0.2) is 57.8 Å². The monoisotopic (exact) mass is 428 g/mol. The Hall–Kier alpha value is -3.07. The van der Waals surface area contributed by atoms with Gasteiger partial charge in [0.05, 0.1) is 13.7 Å². The Labute approximate surface area is 176 Å². The van der Waals surface area contributed by atoms with Gasteiger partial charge in [0, 0.05) is 44.5 Å². The summed E-state index contributed by atoms with van der Waals surface area (Å²) in [5.74, 6) is 1.08. The number of methoxy groups -OCH3 is 1. The minimum absolute atomic E-state index is 0.0450. The van der Waals surface area contributed by atoms with Gasteiger partial charge in [0.25, 0.3) is 10.0 Å². The van der Waals surface area contributed by atoms with Gasteiger partial charge in [-0.3, -0.25) is 4.79 Å².